The van der Waals surface area contributed by atoms with E-state index in [0.29, 0.717) is 25.3 Å². The van der Waals surface area contributed by atoms with E-state index in [2.05, 4.69) is 25.9 Å². The van der Waals surface area contributed by atoms with Crippen LogP contribution in [-0.2, 0) is 0 Å². The standard InChI is InChI=1S/C13H9BrFIN2O/c14-8-3-7(4-9(15)5-8)12-17-11(6-1-2-6)10(16)13(19)18-12/h3-6H,1-2H2,(H,17,18,19). The van der Waals surface area contributed by atoms with Crippen molar-refractivity contribution in [3.05, 3.63) is 48.1 Å². The minimum absolute atomic E-state index is 0.159. The van der Waals surface area contributed by atoms with Crippen LogP contribution in [0.5, 0.6) is 0 Å². The van der Waals surface area contributed by atoms with Gasteiger partial charge in [-0.05, 0) is 53.6 Å². The van der Waals surface area contributed by atoms with Crippen molar-refractivity contribution < 1.29 is 4.39 Å². The Kier molecular flexibility index (Phi) is 3.46. The Labute approximate surface area is 130 Å². The molecule has 1 aromatic heterocycles. The summed E-state index contributed by atoms with van der Waals surface area (Å²) in [4.78, 5) is 19.1. The molecular weight excluding hydrogens is 426 g/mol. The molecule has 0 spiro atoms. The smallest absolute Gasteiger partial charge is 0.264 e. The first kappa shape index (κ1) is 13.2. The lowest BCUT2D eigenvalue weighted by molar-refractivity contribution is 0.627. The maximum atomic E-state index is 13.4. The van der Waals surface area contributed by atoms with E-state index in [9.17, 15) is 9.18 Å². The number of H-pyrrole nitrogens is 1. The monoisotopic (exact) mass is 434 g/mol. The highest BCUT2D eigenvalue weighted by atomic mass is 127. The molecule has 1 N–H and O–H groups in total. The summed E-state index contributed by atoms with van der Waals surface area (Å²) >= 11 is 5.26. The largest absolute Gasteiger partial charge is 0.306 e. The van der Waals surface area contributed by atoms with Crippen LogP contribution in [0, 0.1) is 9.39 Å². The zero-order valence-corrected chi connectivity index (χ0v) is 13.5. The number of aromatic nitrogens is 2. The van der Waals surface area contributed by atoms with Gasteiger partial charge in [-0.1, -0.05) is 15.9 Å². The van der Waals surface area contributed by atoms with Crippen LogP contribution >= 0.6 is 38.5 Å². The van der Waals surface area contributed by atoms with Gasteiger partial charge in [0.2, 0.25) is 0 Å². The summed E-state index contributed by atoms with van der Waals surface area (Å²) in [6.07, 6.45) is 2.14. The SMILES string of the molecule is O=c1[nH]c(-c2cc(F)cc(Br)c2)nc(C2CC2)c1I. The van der Waals surface area contributed by atoms with Crippen molar-refractivity contribution in [3.8, 4) is 11.4 Å². The number of nitrogens with one attached hydrogen (secondary N) is 1. The van der Waals surface area contributed by atoms with Crippen LogP contribution < -0.4 is 5.56 Å². The molecule has 1 heterocycles. The molecule has 0 radical (unpaired) electrons. The first-order valence-corrected chi connectivity index (χ1v) is 7.68. The van der Waals surface area contributed by atoms with Gasteiger partial charge in [0.05, 0.1) is 9.26 Å². The van der Waals surface area contributed by atoms with E-state index >= 15 is 0 Å². The zero-order chi connectivity index (χ0) is 13.6. The molecule has 0 amide bonds. The van der Waals surface area contributed by atoms with Gasteiger partial charge < -0.3 is 4.98 Å². The molecule has 0 unspecified atom stereocenters. The van der Waals surface area contributed by atoms with Crippen LogP contribution in [0.1, 0.15) is 24.5 Å². The summed E-state index contributed by atoms with van der Waals surface area (Å²) in [6, 6.07) is 4.48. The number of hydrogen-bond acceptors (Lipinski definition) is 2. The normalized spacial score (nSPS) is 14.7. The number of halogens is 3. The van der Waals surface area contributed by atoms with E-state index < -0.39 is 0 Å². The molecule has 2 aromatic rings. The average Bonchev–Trinajstić information content (AvgIpc) is 3.15. The average molecular weight is 435 g/mol. The van der Waals surface area contributed by atoms with Gasteiger partial charge in [-0.25, -0.2) is 9.37 Å². The molecule has 19 heavy (non-hydrogen) atoms. The van der Waals surface area contributed by atoms with Crippen LogP contribution in [0.4, 0.5) is 4.39 Å². The second-order valence-corrected chi connectivity index (χ2v) is 6.54. The fraction of sp³-hybridized carbons (Fsp3) is 0.231. The Bertz CT molecular complexity index is 692. The Morgan fingerprint density at radius 2 is 2.11 bits per heavy atom. The van der Waals surface area contributed by atoms with Gasteiger partial charge in [0.15, 0.2) is 0 Å². The lowest BCUT2D eigenvalue weighted by Crippen LogP contribution is -2.16. The molecule has 0 atom stereocenters. The van der Waals surface area contributed by atoms with Crippen molar-refractivity contribution in [2.45, 2.75) is 18.8 Å². The summed E-state index contributed by atoms with van der Waals surface area (Å²) in [7, 11) is 0. The predicted octanol–water partition coefficient (Wildman–Crippen LogP) is 3.82. The first-order valence-electron chi connectivity index (χ1n) is 5.81. The molecule has 98 valence electrons. The number of aromatic amines is 1. The molecule has 0 bridgehead atoms. The third-order valence-electron chi connectivity index (χ3n) is 2.99. The quantitative estimate of drug-likeness (QED) is 0.730. The maximum Gasteiger partial charge on any atom is 0.264 e. The molecule has 3 nitrogen and oxygen atoms in total. The summed E-state index contributed by atoms with van der Waals surface area (Å²) in [5.74, 6) is 0.441. The fourth-order valence-corrected chi connectivity index (χ4v) is 3.09. The van der Waals surface area contributed by atoms with Crippen LogP contribution in [-0.4, -0.2) is 9.97 Å². The summed E-state index contributed by atoms with van der Waals surface area (Å²) in [5, 5.41) is 0. The van der Waals surface area contributed by atoms with Gasteiger partial charge in [-0.15, -0.1) is 0 Å². The van der Waals surface area contributed by atoms with E-state index in [1.54, 1.807) is 6.07 Å². The van der Waals surface area contributed by atoms with Crippen LogP contribution in [0.15, 0.2) is 27.5 Å². The van der Waals surface area contributed by atoms with Crippen LogP contribution in [0.3, 0.4) is 0 Å². The Morgan fingerprint density at radius 1 is 1.37 bits per heavy atom. The lowest BCUT2D eigenvalue weighted by Gasteiger charge is -2.06. The maximum absolute atomic E-state index is 13.4. The third-order valence-corrected chi connectivity index (χ3v) is 4.49. The predicted molar refractivity (Wildman–Crippen MR) is 82.6 cm³/mol. The highest BCUT2D eigenvalue weighted by molar-refractivity contribution is 14.1. The van der Waals surface area contributed by atoms with Crippen LogP contribution in [0.25, 0.3) is 11.4 Å². The Hall–Kier alpha value is -0.760. The van der Waals surface area contributed by atoms with Crippen LogP contribution in [0.2, 0.25) is 0 Å². The van der Waals surface area contributed by atoms with Gasteiger partial charge >= 0.3 is 0 Å². The lowest BCUT2D eigenvalue weighted by atomic mass is 10.2. The Morgan fingerprint density at radius 3 is 2.74 bits per heavy atom. The minimum atomic E-state index is -0.362. The van der Waals surface area contributed by atoms with E-state index in [0.717, 1.165) is 18.5 Å². The fourth-order valence-electron chi connectivity index (χ4n) is 1.93. The van der Waals surface area contributed by atoms with E-state index in [1.165, 1.54) is 12.1 Å². The molecule has 1 aliphatic rings. The molecule has 0 saturated heterocycles. The number of nitrogens with zero attached hydrogens (tertiary/aromatic N) is 1. The second kappa shape index (κ2) is 4.97. The van der Waals surface area contributed by atoms with Crippen molar-refractivity contribution in [2.24, 2.45) is 0 Å². The van der Waals surface area contributed by atoms with Gasteiger partial charge in [0.1, 0.15) is 11.6 Å². The molecular formula is C13H9BrFIN2O. The molecule has 3 rings (SSSR count). The first-order chi connectivity index (χ1) is 9.04. The number of benzene rings is 1. The molecule has 1 fully saturated rings. The van der Waals surface area contributed by atoms with Crippen molar-refractivity contribution in [1.82, 2.24) is 9.97 Å². The molecule has 1 aliphatic carbocycles. The number of rotatable bonds is 2. The molecule has 0 aliphatic heterocycles. The Balaban J connectivity index is 2.17. The highest BCUT2D eigenvalue weighted by Gasteiger charge is 2.29. The molecule has 6 heteroatoms. The topological polar surface area (TPSA) is 45.8 Å². The van der Waals surface area contributed by atoms with E-state index in [1.807, 2.05) is 22.6 Å². The third kappa shape index (κ3) is 2.74. The van der Waals surface area contributed by atoms with E-state index in [4.69, 9.17) is 0 Å². The van der Waals surface area contributed by atoms with Gasteiger partial charge in [-0.3, -0.25) is 4.79 Å². The number of hydrogen-bond donors (Lipinski definition) is 1. The van der Waals surface area contributed by atoms with Crippen molar-refractivity contribution >= 4 is 38.5 Å². The molecule has 1 saturated carbocycles. The summed E-state index contributed by atoms with van der Waals surface area (Å²) < 4.78 is 14.7. The summed E-state index contributed by atoms with van der Waals surface area (Å²) in [6.45, 7) is 0. The second-order valence-electron chi connectivity index (χ2n) is 4.55. The van der Waals surface area contributed by atoms with Crippen molar-refractivity contribution in [1.29, 1.82) is 0 Å². The van der Waals surface area contributed by atoms with Crippen molar-refractivity contribution in [3.63, 3.8) is 0 Å². The van der Waals surface area contributed by atoms with Crippen molar-refractivity contribution in [2.75, 3.05) is 0 Å². The minimum Gasteiger partial charge on any atom is -0.306 e. The van der Waals surface area contributed by atoms with Gasteiger partial charge in [0, 0.05) is 16.0 Å². The molecule has 1 aromatic carbocycles. The van der Waals surface area contributed by atoms with E-state index in [-0.39, 0.29) is 11.4 Å². The van der Waals surface area contributed by atoms with Gasteiger partial charge in [0.25, 0.3) is 5.56 Å². The highest BCUT2D eigenvalue weighted by Crippen LogP contribution is 2.40. The van der Waals surface area contributed by atoms with Gasteiger partial charge in [-0.2, -0.15) is 0 Å². The summed E-state index contributed by atoms with van der Waals surface area (Å²) in [5.41, 5.74) is 1.25. The zero-order valence-electron chi connectivity index (χ0n) is 9.71.